The molecule has 0 radical (unpaired) electrons. The van der Waals surface area contributed by atoms with E-state index in [2.05, 4.69) is 16.5 Å². The zero-order chi connectivity index (χ0) is 15.9. The van der Waals surface area contributed by atoms with Crippen LogP contribution in [-0.2, 0) is 6.42 Å². The molecule has 1 aliphatic rings. The maximum atomic E-state index is 10.3. The Hall–Kier alpha value is -1.85. The van der Waals surface area contributed by atoms with Crippen LogP contribution in [0.1, 0.15) is 55.7 Å². The van der Waals surface area contributed by atoms with Crippen LogP contribution in [0.3, 0.4) is 0 Å². The zero-order valence-electron chi connectivity index (χ0n) is 13.2. The Balaban J connectivity index is 1.81. The largest absolute Gasteiger partial charge is 0.504 e. The Bertz CT molecular complexity index is 666. The van der Waals surface area contributed by atoms with Gasteiger partial charge in [-0.1, -0.05) is 24.3 Å². The number of rotatable bonds is 4. The van der Waals surface area contributed by atoms with Crippen molar-refractivity contribution in [1.82, 2.24) is 15.1 Å². The first kappa shape index (κ1) is 15.1. The van der Waals surface area contributed by atoms with Crippen molar-refractivity contribution >= 4 is 0 Å². The molecule has 0 fully saturated rings. The molecule has 0 saturated carbocycles. The Kier molecular flexibility index (Phi) is 3.93. The number of hydrogen-bond donors (Lipinski definition) is 3. The number of aliphatic hydroxyl groups excluding tert-OH is 1. The Morgan fingerprint density at radius 1 is 1.27 bits per heavy atom. The second-order valence-corrected chi connectivity index (χ2v) is 6.31. The van der Waals surface area contributed by atoms with E-state index >= 15 is 0 Å². The molecular weight excluding hydrogens is 278 g/mol. The Morgan fingerprint density at radius 3 is 2.68 bits per heavy atom. The lowest BCUT2D eigenvalue weighted by atomic mass is 10.1. The van der Waals surface area contributed by atoms with E-state index in [0.29, 0.717) is 12.1 Å². The normalized spacial score (nSPS) is 22.0. The number of hydrogen-bond acceptors (Lipinski definition) is 4. The van der Waals surface area contributed by atoms with Crippen molar-refractivity contribution in [3.8, 4) is 5.75 Å². The van der Waals surface area contributed by atoms with Crippen molar-refractivity contribution in [2.24, 2.45) is 0 Å². The maximum Gasteiger partial charge on any atom is 0.158 e. The van der Waals surface area contributed by atoms with Gasteiger partial charge in [0.05, 0.1) is 24.4 Å². The van der Waals surface area contributed by atoms with Gasteiger partial charge >= 0.3 is 0 Å². The smallest absolute Gasteiger partial charge is 0.158 e. The molecule has 3 unspecified atom stereocenters. The van der Waals surface area contributed by atoms with Crippen LogP contribution in [0.5, 0.6) is 5.75 Å². The van der Waals surface area contributed by atoms with Crippen LogP contribution in [0.4, 0.5) is 0 Å². The van der Waals surface area contributed by atoms with Crippen LogP contribution in [0.15, 0.2) is 30.5 Å². The quantitative estimate of drug-likeness (QED) is 0.811. The molecule has 5 nitrogen and oxygen atoms in total. The fourth-order valence-electron chi connectivity index (χ4n) is 3.09. The van der Waals surface area contributed by atoms with Crippen LogP contribution < -0.4 is 5.32 Å². The lowest BCUT2D eigenvalue weighted by Crippen LogP contribution is -2.31. The van der Waals surface area contributed by atoms with E-state index in [0.717, 1.165) is 5.56 Å². The summed E-state index contributed by atoms with van der Waals surface area (Å²) in [5, 5.41) is 28.3. The van der Waals surface area contributed by atoms with Gasteiger partial charge in [0.1, 0.15) is 5.69 Å². The second kappa shape index (κ2) is 5.74. The highest BCUT2D eigenvalue weighted by Gasteiger charge is 2.32. The molecule has 0 spiro atoms. The number of benzene rings is 1. The lowest BCUT2D eigenvalue weighted by molar-refractivity contribution is 0.135. The highest BCUT2D eigenvalue weighted by atomic mass is 16.3. The zero-order valence-corrected chi connectivity index (χ0v) is 13.2. The van der Waals surface area contributed by atoms with E-state index in [1.54, 1.807) is 10.9 Å². The predicted molar refractivity (Wildman–Crippen MR) is 84.7 cm³/mol. The molecular formula is C17H23N3O2. The number of aromatic nitrogens is 2. The van der Waals surface area contributed by atoms with Crippen LogP contribution in [0.2, 0.25) is 0 Å². The summed E-state index contributed by atoms with van der Waals surface area (Å²) >= 11 is 0. The van der Waals surface area contributed by atoms with Gasteiger partial charge in [-0.3, -0.25) is 10.00 Å². The Labute approximate surface area is 130 Å². The second-order valence-electron chi connectivity index (χ2n) is 6.31. The summed E-state index contributed by atoms with van der Waals surface area (Å²) in [6.07, 6.45) is 1.86. The summed E-state index contributed by atoms with van der Waals surface area (Å²) in [5.41, 5.74) is 2.92. The van der Waals surface area contributed by atoms with Crippen molar-refractivity contribution in [3.63, 3.8) is 0 Å². The van der Waals surface area contributed by atoms with Crippen molar-refractivity contribution in [1.29, 1.82) is 0 Å². The molecule has 0 saturated heterocycles. The fourth-order valence-corrected chi connectivity index (χ4v) is 3.09. The molecule has 1 aromatic heterocycles. The summed E-state index contributed by atoms with van der Waals surface area (Å²) in [6, 6.07) is 8.00. The SMILES string of the molecule is CC(NC1c2ccccc2CC1O)c1nn(C(C)C)cc1O. The van der Waals surface area contributed by atoms with Crippen LogP contribution >= 0.6 is 0 Å². The van der Waals surface area contributed by atoms with Gasteiger partial charge in [-0.15, -0.1) is 0 Å². The Morgan fingerprint density at radius 2 is 2.00 bits per heavy atom. The first-order valence-electron chi connectivity index (χ1n) is 7.77. The van der Waals surface area contributed by atoms with Crippen molar-refractivity contribution in [2.75, 3.05) is 0 Å². The molecule has 1 aromatic carbocycles. The summed E-state index contributed by atoms with van der Waals surface area (Å²) in [5.74, 6) is 0.189. The number of aromatic hydroxyl groups is 1. The van der Waals surface area contributed by atoms with E-state index < -0.39 is 6.10 Å². The molecule has 2 aromatic rings. The molecule has 0 amide bonds. The first-order chi connectivity index (χ1) is 10.5. The molecule has 0 aliphatic heterocycles. The van der Waals surface area contributed by atoms with Crippen molar-refractivity contribution in [3.05, 3.63) is 47.3 Å². The van der Waals surface area contributed by atoms with Crippen molar-refractivity contribution < 1.29 is 10.2 Å². The maximum absolute atomic E-state index is 10.3. The molecule has 22 heavy (non-hydrogen) atoms. The number of aliphatic hydroxyl groups is 1. The average Bonchev–Trinajstić information content (AvgIpc) is 3.00. The highest BCUT2D eigenvalue weighted by molar-refractivity contribution is 5.37. The van der Waals surface area contributed by atoms with Gasteiger partial charge in [0.25, 0.3) is 0 Å². The van der Waals surface area contributed by atoms with Gasteiger partial charge in [-0.05, 0) is 31.9 Å². The van der Waals surface area contributed by atoms with Crippen LogP contribution in [-0.4, -0.2) is 26.1 Å². The van der Waals surface area contributed by atoms with Gasteiger partial charge in [-0.2, -0.15) is 5.10 Å². The minimum Gasteiger partial charge on any atom is -0.504 e. The van der Waals surface area contributed by atoms with Gasteiger partial charge in [-0.25, -0.2) is 0 Å². The average molecular weight is 301 g/mol. The number of nitrogens with one attached hydrogen (secondary N) is 1. The fraction of sp³-hybridized carbons (Fsp3) is 0.471. The van der Waals surface area contributed by atoms with Gasteiger partial charge in [0.2, 0.25) is 0 Å². The topological polar surface area (TPSA) is 70.3 Å². The van der Waals surface area contributed by atoms with Crippen LogP contribution in [0, 0.1) is 0 Å². The van der Waals surface area contributed by atoms with E-state index in [1.165, 1.54) is 5.56 Å². The monoisotopic (exact) mass is 301 g/mol. The lowest BCUT2D eigenvalue weighted by Gasteiger charge is -2.22. The van der Waals surface area contributed by atoms with E-state index in [9.17, 15) is 10.2 Å². The third-order valence-electron chi connectivity index (χ3n) is 4.31. The molecule has 3 atom stereocenters. The predicted octanol–water partition coefficient (Wildman–Crippen LogP) is 2.48. The van der Waals surface area contributed by atoms with Gasteiger partial charge < -0.3 is 10.2 Å². The minimum atomic E-state index is -0.450. The van der Waals surface area contributed by atoms with E-state index in [-0.39, 0.29) is 23.9 Å². The summed E-state index contributed by atoms with van der Waals surface area (Å²) in [7, 11) is 0. The van der Waals surface area contributed by atoms with E-state index in [1.807, 2.05) is 39.0 Å². The summed E-state index contributed by atoms with van der Waals surface area (Å²) in [4.78, 5) is 0. The molecule has 3 N–H and O–H groups in total. The molecule has 0 bridgehead atoms. The van der Waals surface area contributed by atoms with E-state index in [4.69, 9.17) is 0 Å². The van der Waals surface area contributed by atoms with Crippen molar-refractivity contribution in [2.45, 2.75) is 51.4 Å². The molecule has 1 aliphatic carbocycles. The summed E-state index contributed by atoms with van der Waals surface area (Å²) in [6.45, 7) is 6.00. The highest BCUT2D eigenvalue weighted by Crippen LogP contribution is 2.34. The van der Waals surface area contributed by atoms with Gasteiger partial charge in [0.15, 0.2) is 5.75 Å². The summed E-state index contributed by atoms with van der Waals surface area (Å²) < 4.78 is 1.75. The first-order valence-corrected chi connectivity index (χ1v) is 7.77. The third-order valence-corrected chi connectivity index (χ3v) is 4.31. The molecule has 118 valence electrons. The standard InChI is InChI=1S/C17H23N3O2/c1-10(2)20-9-15(22)16(19-20)11(3)18-17-13-7-5-4-6-12(13)8-14(17)21/h4-7,9-11,14,17-18,21-22H,8H2,1-3H3. The molecule has 3 rings (SSSR count). The minimum absolute atomic E-state index is 0.130. The molecule has 1 heterocycles. The molecule has 5 heteroatoms. The third kappa shape index (κ3) is 2.62. The van der Waals surface area contributed by atoms with Crippen LogP contribution in [0.25, 0.3) is 0 Å². The van der Waals surface area contributed by atoms with Gasteiger partial charge in [0, 0.05) is 12.5 Å². The number of nitrogens with zero attached hydrogens (tertiary/aromatic N) is 2. The number of fused-ring (bicyclic) bond motifs is 1.